The molecular weight excluding hydrogens is 677 g/mol. The molecule has 2 heteroatoms. The number of hydrogen-bond donors (Lipinski definition) is 0. The van der Waals surface area contributed by atoms with Crippen LogP contribution in [0.5, 0.6) is 0 Å². The van der Waals surface area contributed by atoms with Crippen molar-refractivity contribution in [3.8, 4) is 39.1 Å². The van der Waals surface area contributed by atoms with E-state index in [2.05, 4.69) is 216 Å². The van der Waals surface area contributed by atoms with E-state index in [0.717, 1.165) is 22.7 Å². The minimum absolute atomic E-state index is 1.11. The first kappa shape index (κ1) is 31.0. The van der Waals surface area contributed by atoms with Gasteiger partial charge in [-0.15, -0.1) is 0 Å². The van der Waals surface area contributed by atoms with Gasteiger partial charge < -0.3 is 9.47 Å². The van der Waals surface area contributed by atoms with Crippen molar-refractivity contribution in [3.05, 3.63) is 206 Å². The van der Waals surface area contributed by atoms with Gasteiger partial charge in [-0.3, -0.25) is 0 Å². The lowest BCUT2D eigenvalue weighted by Gasteiger charge is -2.27. The molecule has 1 heterocycles. The molecule has 0 atom stereocenters. The predicted octanol–water partition coefficient (Wildman–Crippen LogP) is 15.0. The van der Waals surface area contributed by atoms with Gasteiger partial charge in [0.05, 0.1) is 11.0 Å². The molecule has 0 bridgehead atoms. The summed E-state index contributed by atoms with van der Waals surface area (Å²) in [6.07, 6.45) is 0. The third-order valence-electron chi connectivity index (χ3n) is 11.9. The highest BCUT2D eigenvalue weighted by Crippen LogP contribution is 2.50. The first-order chi connectivity index (χ1) is 27.8. The Morgan fingerprint density at radius 2 is 0.929 bits per heavy atom. The van der Waals surface area contributed by atoms with Crippen molar-refractivity contribution in [3.63, 3.8) is 0 Å². The van der Waals surface area contributed by atoms with Gasteiger partial charge in [0, 0.05) is 33.5 Å². The van der Waals surface area contributed by atoms with Crippen molar-refractivity contribution in [2.24, 2.45) is 0 Å². The van der Waals surface area contributed by atoms with Crippen LogP contribution in [0.4, 0.5) is 17.1 Å². The number of aromatic nitrogens is 1. The van der Waals surface area contributed by atoms with Gasteiger partial charge in [-0.2, -0.15) is 0 Å². The minimum atomic E-state index is 1.11. The summed E-state index contributed by atoms with van der Waals surface area (Å²) >= 11 is 0. The van der Waals surface area contributed by atoms with Crippen LogP contribution in [0.2, 0.25) is 0 Å². The van der Waals surface area contributed by atoms with Crippen molar-refractivity contribution in [1.82, 2.24) is 4.57 Å². The molecule has 1 aromatic heterocycles. The quantitative estimate of drug-likeness (QED) is 0.161. The van der Waals surface area contributed by atoms with E-state index in [1.807, 2.05) is 0 Å². The molecule has 2 nitrogen and oxygen atoms in total. The zero-order valence-corrected chi connectivity index (χ0v) is 30.5. The van der Waals surface area contributed by atoms with Crippen LogP contribution in [0.25, 0.3) is 93.2 Å². The summed E-state index contributed by atoms with van der Waals surface area (Å²) in [6.45, 7) is 0. The number of fused-ring (bicyclic) bond motifs is 9. The van der Waals surface area contributed by atoms with Crippen LogP contribution < -0.4 is 4.90 Å². The van der Waals surface area contributed by atoms with Crippen LogP contribution >= 0.6 is 0 Å². The molecule has 0 aliphatic heterocycles. The highest BCUT2D eigenvalue weighted by Gasteiger charge is 2.24. The number of para-hydroxylation sites is 2. The molecule has 0 amide bonds. The topological polar surface area (TPSA) is 8.17 Å². The van der Waals surface area contributed by atoms with Crippen molar-refractivity contribution in [1.29, 1.82) is 0 Å². The highest BCUT2D eigenvalue weighted by molar-refractivity contribution is 6.17. The van der Waals surface area contributed by atoms with Gasteiger partial charge in [0.25, 0.3) is 0 Å². The predicted molar refractivity (Wildman–Crippen MR) is 238 cm³/mol. The Bertz CT molecular complexity index is 3350. The van der Waals surface area contributed by atoms with Gasteiger partial charge in [-0.25, -0.2) is 0 Å². The van der Waals surface area contributed by atoms with Crippen LogP contribution in [0.3, 0.4) is 0 Å². The monoisotopic (exact) mass is 710 g/mol. The van der Waals surface area contributed by atoms with Crippen LogP contribution in [-0.2, 0) is 0 Å². The largest absolute Gasteiger partial charge is 0.310 e. The van der Waals surface area contributed by atoms with Crippen molar-refractivity contribution in [2.45, 2.75) is 0 Å². The lowest BCUT2D eigenvalue weighted by Crippen LogP contribution is -2.10. The summed E-state index contributed by atoms with van der Waals surface area (Å²) in [5, 5.41) is 10.2. The number of nitrogens with zero attached hydrogens (tertiary/aromatic N) is 2. The molecule has 0 radical (unpaired) electrons. The number of hydrogen-bond acceptors (Lipinski definition) is 1. The molecule has 0 saturated heterocycles. The van der Waals surface area contributed by atoms with Crippen molar-refractivity contribution < 1.29 is 0 Å². The summed E-state index contributed by atoms with van der Waals surface area (Å²) in [6, 6.07) is 75.9. The third-order valence-corrected chi connectivity index (χ3v) is 11.9. The fourth-order valence-electron chi connectivity index (χ4n) is 9.33. The molecule has 0 spiro atoms. The van der Waals surface area contributed by atoms with E-state index in [9.17, 15) is 0 Å². The molecule has 0 N–H and O–H groups in total. The molecule has 12 rings (SSSR count). The van der Waals surface area contributed by atoms with E-state index >= 15 is 0 Å². The normalized spacial score (nSPS) is 11.9. The molecule has 1 aliphatic carbocycles. The Hall–Kier alpha value is -7.42. The standard InChI is InChI=1S/C54H34N2/c1-2-13-40(14-3-1)56-52-20-9-8-18-48(52)49-30-28-42(34-53(49)56)55(43-32-39-12-10-19-50-46-16-6-7-17-47(46)51(33-43)54(39)50)41-26-23-35(24-27-41)37-25-29-45-38(31-37)22-21-36-11-4-5-15-44(36)45/h1-34H. The summed E-state index contributed by atoms with van der Waals surface area (Å²) in [7, 11) is 0. The lowest BCUT2D eigenvalue weighted by molar-refractivity contribution is 1.18. The maximum atomic E-state index is 2.44. The summed E-state index contributed by atoms with van der Waals surface area (Å²) in [4.78, 5) is 2.44. The van der Waals surface area contributed by atoms with Gasteiger partial charge >= 0.3 is 0 Å². The molecule has 56 heavy (non-hydrogen) atoms. The van der Waals surface area contributed by atoms with Gasteiger partial charge in [-0.1, -0.05) is 146 Å². The second-order valence-electron chi connectivity index (χ2n) is 14.9. The Labute approximate surface area is 324 Å². The van der Waals surface area contributed by atoms with Crippen LogP contribution in [0.1, 0.15) is 0 Å². The molecule has 0 saturated carbocycles. The fraction of sp³-hybridized carbons (Fsp3) is 0. The molecule has 11 aromatic rings. The fourth-order valence-corrected chi connectivity index (χ4v) is 9.33. The number of benzene rings is 10. The maximum absolute atomic E-state index is 2.44. The van der Waals surface area contributed by atoms with Crippen LogP contribution in [-0.4, -0.2) is 4.57 Å². The highest BCUT2D eigenvalue weighted by atomic mass is 15.1. The average Bonchev–Trinajstić information content (AvgIpc) is 3.77. The first-order valence-corrected chi connectivity index (χ1v) is 19.3. The van der Waals surface area contributed by atoms with E-state index in [4.69, 9.17) is 0 Å². The Morgan fingerprint density at radius 1 is 0.304 bits per heavy atom. The van der Waals surface area contributed by atoms with E-state index in [1.165, 1.54) is 87.5 Å². The van der Waals surface area contributed by atoms with E-state index in [1.54, 1.807) is 0 Å². The smallest absolute Gasteiger partial charge is 0.0561 e. The van der Waals surface area contributed by atoms with Gasteiger partial charge in [-0.05, 0) is 126 Å². The molecule has 260 valence electrons. The Morgan fingerprint density at radius 3 is 1.80 bits per heavy atom. The average molecular weight is 711 g/mol. The van der Waals surface area contributed by atoms with Crippen LogP contribution in [0, 0.1) is 0 Å². The van der Waals surface area contributed by atoms with Crippen molar-refractivity contribution >= 4 is 71.2 Å². The van der Waals surface area contributed by atoms with Crippen LogP contribution in [0.15, 0.2) is 206 Å². The summed E-state index contributed by atoms with van der Waals surface area (Å²) < 4.78 is 2.40. The third kappa shape index (κ3) is 4.63. The van der Waals surface area contributed by atoms with E-state index in [-0.39, 0.29) is 0 Å². The zero-order chi connectivity index (χ0) is 36.7. The first-order valence-electron chi connectivity index (χ1n) is 19.3. The lowest BCUT2D eigenvalue weighted by atomic mass is 9.97. The number of anilines is 3. The van der Waals surface area contributed by atoms with E-state index < -0.39 is 0 Å². The van der Waals surface area contributed by atoms with Gasteiger partial charge in [0.2, 0.25) is 0 Å². The SMILES string of the molecule is c1ccc(-n2c3ccccc3c3ccc(N(c4ccc(-c5ccc6c(ccc7ccccc76)c5)cc4)c4cc5c6c(cccc6c4)-c4ccccc4-5)cc32)cc1. The Balaban J connectivity index is 1.06. The Kier molecular flexibility index (Phi) is 6.66. The summed E-state index contributed by atoms with van der Waals surface area (Å²) in [5.74, 6) is 0. The molecule has 10 aromatic carbocycles. The molecule has 0 fully saturated rings. The molecule has 1 aliphatic rings. The number of rotatable bonds is 5. The maximum Gasteiger partial charge on any atom is 0.0561 e. The summed E-state index contributed by atoms with van der Waals surface area (Å²) in [5.41, 5.74) is 14.5. The van der Waals surface area contributed by atoms with Gasteiger partial charge in [0.15, 0.2) is 0 Å². The van der Waals surface area contributed by atoms with Gasteiger partial charge in [0.1, 0.15) is 0 Å². The minimum Gasteiger partial charge on any atom is -0.310 e. The second-order valence-corrected chi connectivity index (χ2v) is 14.9. The van der Waals surface area contributed by atoms with Crippen molar-refractivity contribution in [2.75, 3.05) is 4.90 Å². The zero-order valence-electron chi connectivity index (χ0n) is 30.5. The molecule has 0 unspecified atom stereocenters. The second kappa shape index (κ2) is 12.0. The molecular formula is C54H34N2. The van der Waals surface area contributed by atoms with E-state index in [0.29, 0.717) is 0 Å².